The fourth-order valence-electron chi connectivity index (χ4n) is 4.20. The Labute approximate surface area is 214 Å². The summed E-state index contributed by atoms with van der Waals surface area (Å²) in [4.78, 5) is 29.7. The zero-order chi connectivity index (χ0) is 25.5. The lowest BCUT2D eigenvalue weighted by Gasteiger charge is -2.39. The molecule has 2 heterocycles. The van der Waals surface area contributed by atoms with E-state index in [1.165, 1.54) is 13.2 Å². The summed E-state index contributed by atoms with van der Waals surface area (Å²) < 4.78 is 16.1. The van der Waals surface area contributed by atoms with Crippen molar-refractivity contribution in [2.75, 3.05) is 57.2 Å². The third-order valence-corrected chi connectivity index (χ3v) is 6.37. The predicted octanol–water partition coefficient (Wildman–Crippen LogP) is 3.57. The van der Waals surface area contributed by atoms with E-state index in [1.54, 1.807) is 25.5 Å². The van der Waals surface area contributed by atoms with Crippen molar-refractivity contribution in [1.82, 2.24) is 10.2 Å². The first kappa shape index (κ1) is 25.4. The highest BCUT2D eigenvalue weighted by atomic mass is 35.5. The number of nitrogens with zero attached hydrogens (tertiary/aromatic N) is 2. The topological polar surface area (TPSA) is 96.3 Å². The van der Waals surface area contributed by atoms with Crippen molar-refractivity contribution in [2.45, 2.75) is 6.04 Å². The number of nitrogens with one attached hydrogen (secondary N) is 2. The van der Waals surface area contributed by atoms with Crippen LogP contribution in [0.3, 0.4) is 0 Å². The van der Waals surface area contributed by atoms with Gasteiger partial charge in [-0.15, -0.1) is 0 Å². The molecule has 1 aromatic heterocycles. The number of carbonyl (C=O) groups excluding carboxylic acids is 2. The van der Waals surface area contributed by atoms with Gasteiger partial charge in [-0.05, 0) is 54.6 Å². The fraction of sp³-hybridized carbons (Fsp3) is 0.308. The summed E-state index contributed by atoms with van der Waals surface area (Å²) in [5.41, 5.74) is 1.45. The summed E-state index contributed by atoms with van der Waals surface area (Å²) in [6.45, 7) is 3.37. The molecule has 3 aromatic rings. The average Bonchev–Trinajstić information content (AvgIpc) is 3.44. The lowest BCUT2D eigenvalue weighted by molar-refractivity contribution is -0.136. The maximum atomic E-state index is 12.6. The van der Waals surface area contributed by atoms with Gasteiger partial charge in [0.1, 0.15) is 17.3 Å². The SMILES string of the molecule is COc1ccc(N2CCN(C(CNC(=O)C(=O)Nc3cc(Cl)ccc3OC)c3ccco3)CC2)cc1. The van der Waals surface area contributed by atoms with Gasteiger partial charge in [0.25, 0.3) is 0 Å². The van der Waals surface area contributed by atoms with Crippen molar-refractivity contribution in [3.63, 3.8) is 0 Å². The third kappa shape index (κ3) is 6.10. The Morgan fingerprint density at radius 1 is 1.00 bits per heavy atom. The molecule has 1 aliphatic heterocycles. The molecule has 10 heteroatoms. The van der Waals surface area contributed by atoms with Gasteiger partial charge in [0, 0.05) is 43.4 Å². The number of halogens is 1. The minimum absolute atomic E-state index is 0.213. The number of piperazine rings is 1. The van der Waals surface area contributed by atoms with Crippen molar-refractivity contribution < 1.29 is 23.5 Å². The molecular weight excluding hydrogens is 484 g/mol. The monoisotopic (exact) mass is 512 g/mol. The van der Waals surface area contributed by atoms with Crippen LogP contribution in [0.4, 0.5) is 11.4 Å². The largest absolute Gasteiger partial charge is 0.497 e. The molecule has 2 N–H and O–H groups in total. The van der Waals surface area contributed by atoms with E-state index in [4.69, 9.17) is 25.5 Å². The summed E-state index contributed by atoms with van der Waals surface area (Å²) in [5, 5.41) is 5.72. The number of rotatable bonds is 8. The van der Waals surface area contributed by atoms with Crippen molar-refractivity contribution >= 4 is 34.8 Å². The number of ether oxygens (including phenoxy) is 2. The second-order valence-electron chi connectivity index (χ2n) is 8.26. The standard InChI is InChI=1S/C26H29ClN4O5/c1-34-20-8-6-19(7-9-20)30-11-13-31(14-12-30)22(24-4-3-15-36-24)17-28-25(32)26(33)29-21-16-18(27)5-10-23(21)35-2/h3-10,15-16,22H,11-14,17H2,1-2H3,(H,28,32)(H,29,33). The number of benzene rings is 2. The van der Waals surface area contributed by atoms with Crippen LogP contribution in [-0.4, -0.2) is 63.7 Å². The second-order valence-corrected chi connectivity index (χ2v) is 8.70. The molecule has 0 aliphatic carbocycles. The first-order valence-corrected chi connectivity index (χ1v) is 12.0. The molecule has 9 nitrogen and oxygen atoms in total. The van der Waals surface area contributed by atoms with Crippen LogP contribution in [-0.2, 0) is 9.59 Å². The molecule has 36 heavy (non-hydrogen) atoms. The highest BCUT2D eigenvalue weighted by Gasteiger charge is 2.28. The third-order valence-electron chi connectivity index (χ3n) is 6.14. The molecule has 1 saturated heterocycles. The smallest absolute Gasteiger partial charge is 0.313 e. The first-order chi connectivity index (χ1) is 17.5. The van der Waals surface area contributed by atoms with Gasteiger partial charge in [-0.2, -0.15) is 0 Å². The molecule has 1 fully saturated rings. The van der Waals surface area contributed by atoms with Gasteiger partial charge in [0.05, 0.1) is 32.2 Å². The van der Waals surface area contributed by atoms with Gasteiger partial charge in [0.15, 0.2) is 0 Å². The predicted molar refractivity (Wildman–Crippen MR) is 138 cm³/mol. The Kier molecular flexibility index (Phi) is 8.35. The number of amides is 2. The van der Waals surface area contributed by atoms with Crippen LogP contribution >= 0.6 is 11.6 Å². The first-order valence-electron chi connectivity index (χ1n) is 11.6. The molecule has 1 unspecified atom stereocenters. The quantitative estimate of drug-likeness (QED) is 0.445. The van der Waals surface area contributed by atoms with Gasteiger partial charge in [-0.1, -0.05) is 11.6 Å². The summed E-state index contributed by atoms with van der Waals surface area (Å²) in [6, 6.07) is 16.3. The maximum absolute atomic E-state index is 12.6. The number of anilines is 2. The van der Waals surface area contributed by atoms with E-state index in [9.17, 15) is 9.59 Å². The van der Waals surface area contributed by atoms with Gasteiger partial charge in [0.2, 0.25) is 0 Å². The van der Waals surface area contributed by atoms with Crippen LogP contribution in [0.5, 0.6) is 11.5 Å². The number of hydrogen-bond donors (Lipinski definition) is 2. The van der Waals surface area contributed by atoms with Crippen molar-refractivity contribution in [1.29, 1.82) is 0 Å². The van der Waals surface area contributed by atoms with E-state index in [0.29, 0.717) is 16.5 Å². The Hall–Kier alpha value is -3.69. The van der Waals surface area contributed by atoms with E-state index >= 15 is 0 Å². The lowest BCUT2D eigenvalue weighted by atomic mass is 10.1. The van der Waals surface area contributed by atoms with Crippen LogP contribution in [0.15, 0.2) is 65.3 Å². The van der Waals surface area contributed by atoms with E-state index in [2.05, 4.69) is 20.4 Å². The minimum Gasteiger partial charge on any atom is -0.497 e. The summed E-state index contributed by atoms with van der Waals surface area (Å²) in [7, 11) is 3.13. The average molecular weight is 513 g/mol. The Morgan fingerprint density at radius 2 is 1.75 bits per heavy atom. The van der Waals surface area contributed by atoms with E-state index < -0.39 is 11.8 Å². The molecule has 0 saturated carbocycles. The van der Waals surface area contributed by atoms with Crippen LogP contribution in [0.2, 0.25) is 5.02 Å². The number of carbonyl (C=O) groups is 2. The lowest BCUT2D eigenvalue weighted by Crippen LogP contribution is -2.50. The van der Waals surface area contributed by atoms with Crippen LogP contribution in [0.1, 0.15) is 11.8 Å². The highest BCUT2D eigenvalue weighted by Crippen LogP contribution is 2.28. The summed E-state index contributed by atoms with van der Waals surface area (Å²) >= 11 is 6.01. The van der Waals surface area contributed by atoms with E-state index in [-0.39, 0.29) is 12.6 Å². The number of methoxy groups -OCH3 is 2. The molecule has 2 aromatic carbocycles. The van der Waals surface area contributed by atoms with E-state index in [1.807, 2.05) is 36.4 Å². The minimum atomic E-state index is -0.807. The summed E-state index contributed by atoms with van der Waals surface area (Å²) in [5.74, 6) is 0.390. The molecule has 0 spiro atoms. The Morgan fingerprint density at radius 3 is 2.39 bits per heavy atom. The fourth-order valence-corrected chi connectivity index (χ4v) is 4.37. The zero-order valence-corrected chi connectivity index (χ0v) is 21.0. The molecular formula is C26H29ClN4O5. The van der Waals surface area contributed by atoms with Crippen molar-refractivity contribution in [2.24, 2.45) is 0 Å². The van der Waals surface area contributed by atoms with Gasteiger partial charge < -0.3 is 29.4 Å². The van der Waals surface area contributed by atoms with Crippen molar-refractivity contribution in [3.05, 3.63) is 71.6 Å². The van der Waals surface area contributed by atoms with Gasteiger partial charge in [-0.3, -0.25) is 14.5 Å². The van der Waals surface area contributed by atoms with Crippen LogP contribution in [0, 0.1) is 0 Å². The summed E-state index contributed by atoms with van der Waals surface area (Å²) in [6.07, 6.45) is 1.61. The van der Waals surface area contributed by atoms with Crippen LogP contribution in [0.25, 0.3) is 0 Å². The van der Waals surface area contributed by atoms with Crippen molar-refractivity contribution in [3.8, 4) is 11.5 Å². The molecule has 4 rings (SSSR count). The Bertz CT molecular complexity index is 1160. The van der Waals surface area contributed by atoms with E-state index in [0.717, 1.165) is 43.4 Å². The number of hydrogen-bond acceptors (Lipinski definition) is 7. The molecule has 0 radical (unpaired) electrons. The van der Waals surface area contributed by atoms with Crippen LogP contribution < -0.4 is 25.0 Å². The normalized spacial score (nSPS) is 14.7. The maximum Gasteiger partial charge on any atom is 0.313 e. The molecule has 1 aliphatic rings. The zero-order valence-electron chi connectivity index (χ0n) is 20.2. The molecule has 2 amide bonds. The van der Waals surface area contributed by atoms with Gasteiger partial charge >= 0.3 is 11.8 Å². The molecule has 0 bridgehead atoms. The van der Waals surface area contributed by atoms with Gasteiger partial charge in [-0.25, -0.2) is 0 Å². The number of furan rings is 1. The molecule has 1 atom stereocenters. The molecule has 190 valence electrons. The highest BCUT2D eigenvalue weighted by molar-refractivity contribution is 6.40. The Balaban J connectivity index is 1.36. The second kappa shape index (κ2) is 11.8.